The first-order valence-corrected chi connectivity index (χ1v) is 7.75. The van der Waals surface area contributed by atoms with Crippen molar-refractivity contribution in [2.45, 2.75) is 18.8 Å². The lowest BCUT2D eigenvalue weighted by Crippen LogP contribution is -2.36. The number of aliphatic hydroxyl groups is 2. The van der Waals surface area contributed by atoms with Gasteiger partial charge in [0.05, 0.1) is 7.11 Å². The van der Waals surface area contributed by atoms with Gasteiger partial charge in [-0.05, 0) is 11.6 Å². The Hall–Kier alpha value is -2.77. The van der Waals surface area contributed by atoms with Gasteiger partial charge in [0.1, 0.15) is 24.6 Å². The van der Waals surface area contributed by atoms with Gasteiger partial charge in [0, 0.05) is 23.9 Å². The largest absolute Gasteiger partial charge is 0.497 e. The van der Waals surface area contributed by atoms with E-state index < -0.39 is 18.3 Å². The van der Waals surface area contributed by atoms with Crippen LogP contribution in [0.25, 0.3) is 0 Å². The molecule has 0 aliphatic carbocycles. The van der Waals surface area contributed by atoms with Crippen LogP contribution in [0.3, 0.4) is 0 Å². The Bertz CT molecular complexity index is 693. The fourth-order valence-corrected chi connectivity index (χ4v) is 2.23. The van der Waals surface area contributed by atoms with Crippen LogP contribution in [-0.2, 0) is 11.3 Å². The number of carbonyl (C=O) groups excluding carboxylic acids is 1. The number of ether oxygens (including phenoxy) is 2. The SMILES string of the molecule is COc1ccc(C(O)C(O)CNC(=O)OCc2ccccc2)c(N)c1. The van der Waals surface area contributed by atoms with Gasteiger partial charge in [0.2, 0.25) is 0 Å². The van der Waals surface area contributed by atoms with E-state index in [4.69, 9.17) is 15.2 Å². The number of nitrogens with one attached hydrogen (secondary N) is 1. The summed E-state index contributed by atoms with van der Waals surface area (Å²) in [6.45, 7) is -0.0585. The highest BCUT2D eigenvalue weighted by Crippen LogP contribution is 2.26. The zero-order valence-corrected chi connectivity index (χ0v) is 13.9. The topological polar surface area (TPSA) is 114 Å². The number of methoxy groups -OCH3 is 1. The summed E-state index contributed by atoms with van der Waals surface area (Å²) >= 11 is 0. The van der Waals surface area contributed by atoms with Gasteiger partial charge in [-0.1, -0.05) is 36.4 Å². The van der Waals surface area contributed by atoms with Gasteiger partial charge in [-0.2, -0.15) is 0 Å². The third kappa shape index (κ3) is 5.37. The van der Waals surface area contributed by atoms with E-state index in [2.05, 4.69) is 5.32 Å². The van der Waals surface area contributed by atoms with Crippen molar-refractivity contribution in [2.75, 3.05) is 19.4 Å². The van der Waals surface area contributed by atoms with Crippen LogP contribution in [0.1, 0.15) is 17.2 Å². The Kier molecular flexibility index (Phi) is 6.62. The quantitative estimate of drug-likeness (QED) is 0.566. The molecule has 0 radical (unpaired) electrons. The minimum absolute atomic E-state index is 0.122. The van der Waals surface area contributed by atoms with Gasteiger partial charge in [-0.3, -0.25) is 0 Å². The van der Waals surface area contributed by atoms with E-state index in [0.717, 1.165) is 5.56 Å². The van der Waals surface area contributed by atoms with Crippen LogP contribution in [0, 0.1) is 0 Å². The minimum Gasteiger partial charge on any atom is -0.497 e. The summed E-state index contributed by atoms with van der Waals surface area (Å²) < 4.78 is 10.1. The number of amides is 1. The fourth-order valence-electron chi connectivity index (χ4n) is 2.23. The van der Waals surface area contributed by atoms with Crippen molar-refractivity contribution in [2.24, 2.45) is 0 Å². The first-order valence-electron chi connectivity index (χ1n) is 7.75. The van der Waals surface area contributed by atoms with E-state index in [9.17, 15) is 15.0 Å². The molecule has 0 saturated carbocycles. The van der Waals surface area contributed by atoms with Gasteiger partial charge >= 0.3 is 6.09 Å². The van der Waals surface area contributed by atoms with Crippen molar-refractivity contribution in [3.8, 4) is 5.75 Å². The molecule has 2 aromatic carbocycles. The van der Waals surface area contributed by atoms with Crippen LogP contribution in [0.2, 0.25) is 0 Å². The molecule has 2 rings (SSSR count). The number of nitrogens with two attached hydrogens (primary N) is 1. The number of benzene rings is 2. The molecule has 7 heteroatoms. The number of nitrogen functional groups attached to an aromatic ring is 1. The lowest BCUT2D eigenvalue weighted by Gasteiger charge is -2.20. The molecule has 25 heavy (non-hydrogen) atoms. The lowest BCUT2D eigenvalue weighted by molar-refractivity contribution is 0.0188. The van der Waals surface area contributed by atoms with Crippen molar-refractivity contribution in [1.82, 2.24) is 5.32 Å². The van der Waals surface area contributed by atoms with E-state index in [0.29, 0.717) is 11.3 Å². The third-order valence-electron chi connectivity index (χ3n) is 3.65. The summed E-state index contributed by atoms with van der Waals surface area (Å²) in [6.07, 6.45) is -3.17. The van der Waals surface area contributed by atoms with Crippen molar-refractivity contribution in [3.05, 3.63) is 59.7 Å². The number of alkyl carbamates (subject to hydrolysis) is 1. The van der Waals surface area contributed by atoms with Crippen LogP contribution >= 0.6 is 0 Å². The monoisotopic (exact) mass is 346 g/mol. The van der Waals surface area contributed by atoms with Crippen LogP contribution < -0.4 is 15.8 Å². The maximum Gasteiger partial charge on any atom is 0.407 e. The number of anilines is 1. The van der Waals surface area contributed by atoms with Crippen LogP contribution in [-0.4, -0.2) is 36.1 Å². The zero-order chi connectivity index (χ0) is 18.2. The van der Waals surface area contributed by atoms with Crippen LogP contribution in [0.5, 0.6) is 5.75 Å². The van der Waals surface area contributed by atoms with Crippen LogP contribution in [0.4, 0.5) is 10.5 Å². The van der Waals surface area contributed by atoms with Gasteiger partial charge < -0.3 is 30.7 Å². The maximum atomic E-state index is 11.7. The minimum atomic E-state index is -1.25. The van der Waals surface area contributed by atoms with E-state index in [1.54, 1.807) is 18.2 Å². The van der Waals surface area contributed by atoms with E-state index in [1.807, 2.05) is 30.3 Å². The molecule has 0 aromatic heterocycles. The molecule has 134 valence electrons. The molecule has 2 unspecified atom stereocenters. The highest BCUT2D eigenvalue weighted by molar-refractivity contribution is 5.67. The maximum absolute atomic E-state index is 11.7. The molecule has 2 atom stereocenters. The summed E-state index contributed by atoms with van der Waals surface area (Å²) in [4.78, 5) is 11.7. The summed E-state index contributed by atoms with van der Waals surface area (Å²) in [5, 5.41) is 22.6. The number of aliphatic hydroxyl groups excluding tert-OH is 2. The second-order valence-corrected chi connectivity index (χ2v) is 5.45. The average Bonchev–Trinajstić information content (AvgIpc) is 2.64. The van der Waals surface area contributed by atoms with Gasteiger partial charge in [-0.15, -0.1) is 0 Å². The smallest absolute Gasteiger partial charge is 0.407 e. The van der Waals surface area contributed by atoms with E-state index in [-0.39, 0.29) is 18.8 Å². The summed E-state index contributed by atoms with van der Waals surface area (Å²) in [6, 6.07) is 14.0. The van der Waals surface area contributed by atoms with Crippen molar-refractivity contribution >= 4 is 11.8 Å². The molecule has 0 fully saturated rings. The Morgan fingerprint density at radius 3 is 2.56 bits per heavy atom. The summed E-state index contributed by atoms with van der Waals surface area (Å²) in [5.74, 6) is 0.547. The van der Waals surface area contributed by atoms with Gasteiger partial charge in [-0.25, -0.2) is 4.79 Å². The Labute approximate surface area is 146 Å². The first-order chi connectivity index (χ1) is 12.0. The van der Waals surface area contributed by atoms with Gasteiger partial charge in [0.25, 0.3) is 0 Å². The molecular weight excluding hydrogens is 324 g/mol. The molecule has 5 N–H and O–H groups in total. The molecule has 0 bridgehead atoms. The Morgan fingerprint density at radius 2 is 1.92 bits per heavy atom. The zero-order valence-electron chi connectivity index (χ0n) is 13.9. The predicted molar refractivity (Wildman–Crippen MR) is 93.0 cm³/mol. The highest BCUT2D eigenvalue weighted by atomic mass is 16.5. The van der Waals surface area contributed by atoms with Crippen molar-refractivity contribution in [1.29, 1.82) is 0 Å². The number of carbonyl (C=O) groups is 1. The Morgan fingerprint density at radius 1 is 1.20 bits per heavy atom. The molecule has 2 aromatic rings. The first kappa shape index (κ1) is 18.6. The molecule has 0 aliphatic rings. The van der Waals surface area contributed by atoms with Crippen molar-refractivity contribution in [3.63, 3.8) is 0 Å². The van der Waals surface area contributed by atoms with Gasteiger partial charge in [0.15, 0.2) is 0 Å². The molecular formula is C18H22N2O5. The summed E-state index contributed by atoms with van der Waals surface area (Å²) in [5.41, 5.74) is 7.34. The lowest BCUT2D eigenvalue weighted by atomic mass is 10.0. The normalized spacial score (nSPS) is 12.9. The van der Waals surface area contributed by atoms with E-state index in [1.165, 1.54) is 7.11 Å². The molecule has 0 aliphatic heterocycles. The summed E-state index contributed by atoms with van der Waals surface area (Å²) in [7, 11) is 1.50. The Balaban J connectivity index is 1.82. The van der Waals surface area contributed by atoms with Crippen molar-refractivity contribution < 1.29 is 24.5 Å². The highest BCUT2D eigenvalue weighted by Gasteiger charge is 2.21. The number of hydrogen-bond acceptors (Lipinski definition) is 6. The number of hydrogen-bond donors (Lipinski definition) is 4. The predicted octanol–water partition coefficient (Wildman–Crippen LogP) is 1.60. The molecule has 0 saturated heterocycles. The van der Waals surface area contributed by atoms with E-state index >= 15 is 0 Å². The second-order valence-electron chi connectivity index (χ2n) is 5.45. The molecule has 1 amide bonds. The fraction of sp³-hybridized carbons (Fsp3) is 0.278. The van der Waals surface area contributed by atoms with Crippen LogP contribution in [0.15, 0.2) is 48.5 Å². The number of rotatable bonds is 7. The second kappa shape index (κ2) is 8.91. The molecule has 7 nitrogen and oxygen atoms in total. The average molecular weight is 346 g/mol. The molecule has 0 heterocycles. The molecule has 0 spiro atoms. The third-order valence-corrected chi connectivity index (χ3v) is 3.65. The standard InChI is InChI=1S/C18H22N2O5/c1-24-13-7-8-14(15(19)9-13)17(22)16(21)10-20-18(23)25-11-12-5-3-2-4-6-12/h2-9,16-17,21-22H,10-11,19H2,1H3,(H,20,23).